The molecule has 5 heteroatoms. The monoisotopic (exact) mass is 283 g/mol. The van der Waals surface area contributed by atoms with Gasteiger partial charge in [0, 0.05) is 26.0 Å². The molecule has 110 valence electrons. The van der Waals surface area contributed by atoms with Crippen LogP contribution in [0.3, 0.4) is 0 Å². The SMILES string of the molecule is CNc1nccc([C@H]2CCCCN2Cc2ccccn2)n1. The number of hydrogen-bond acceptors (Lipinski definition) is 5. The lowest BCUT2D eigenvalue weighted by Crippen LogP contribution is -2.33. The zero-order valence-electron chi connectivity index (χ0n) is 12.4. The Labute approximate surface area is 125 Å². The summed E-state index contributed by atoms with van der Waals surface area (Å²) in [4.78, 5) is 15.8. The van der Waals surface area contributed by atoms with E-state index in [0.29, 0.717) is 12.0 Å². The minimum absolute atomic E-state index is 0.357. The normalized spacial score (nSPS) is 19.4. The molecule has 0 bridgehead atoms. The Balaban J connectivity index is 1.80. The fourth-order valence-corrected chi connectivity index (χ4v) is 2.89. The number of aromatic nitrogens is 3. The maximum absolute atomic E-state index is 4.62. The molecule has 0 radical (unpaired) electrons. The molecule has 0 unspecified atom stereocenters. The Morgan fingerprint density at radius 1 is 1.19 bits per heavy atom. The summed E-state index contributed by atoms with van der Waals surface area (Å²) in [6, 6.07) is 8.48. The van der Waals surface area contributed by atoms with Crippen molar-refractivity contribution >= 4 is 5.95 Å². The Bertz CT molecular complexity index is 572. The molecule has 1 saturated heterocycles. The second-order valence-electron chi connectivity index (χ2n) is 5.36. The third kappa shape index (κ3) is 3.36. The van der Waals surface area contributed by atoms with Gasteiger partial charge in [0.25, 0.3) is 0 Å². The number of pyridine rings is 1. The van der Waals surface area contributed by atoms with Gasteiger partial charge in [-0.25, -0.2) is 9.97 Å². The van der Waals surface area contributed by atoms with E-state index in [4.69, 9.17) is 0 Å². The van der Waals surface area contributed by atoms with Gasteiger partial charge in [0.05, 0.1) is 17.4 Å². The number of hydrogen-bond donors (Lipinski definition) is 1. The first-order chi connectivity index (χ1) is 10.4. The first kappa shape index (κ1) is 13.9. The highest BCUT2D eigenvalue weighted by molar-refractivity contribution is 5.25. The van der Waals surface area contributed by atoms with Gasteiger partial charge in [-0.2, -0.15) is 0 Å². The molecule has 3 rings (SSSR count). The fourth-order valence-electron chi connectivity index (χ4n) is 2.89. The van der Waals surface area contributed by atoms with E-state index in [2.05, 4.69) is 31.2 Å². The van der Waals surface area contributed by atoms with Crippen LogP contribution in [0.2, 0.25) is 0 Å². The highest BCUT2D eigenvalue weighted by Gasteiger charge is 2.25. The van der Waals surface area contributed by atoms with E-state index >= 15 is 0 Å². The van der Waals surface area contributed by atoms with Gasteiger partial charge in [0.15, 0.2) is 0 Å². The Kier molecular flexibility index (Phi) is 4.40. The van der Waals surface area contributed by atoms with Gasteiger partial charge in [-0.15, -0.1) is 0 Å². The molecule has 0 spiro atoms. The summed E-state index contributed by atoms with van der Waals surface area (Å²) < 4.78 is 0. The molecule has 1 atom stereocenters. The molecule has 2 aromatic rings. The quantitative estimate of drug-likeness (QED) is 0.935. The molecule has 1 aliphatic rings. The minimum atomic E-state index is 0.357. The molecule has 5 nitrogen and oxygen atoms in total. The van der Waals surface area contributed by atoms with Crippen molar-refractivity contribution in [2.24, 2.45) is 0 Å². The Morgan fingerprint density at radius 2 is 2.14 bits per heavy atom. The van der Waals surface area contributed by atoms with Crippen molar-refractivity contribution in [2.45, 2.75) is 31.8 Å². The fraction of sp³-hybridized carbons (Fsp3) is 0.438. The minimum Gasteiger partial charge on any atom is -0.357 e. The van der Waals surface area contributed by atoms with Gasteiger partial charge in [0.1, 0.15) is 0 Å². The molecule has 0 aromatic carbocycles. The highest BCUT2D eigenvalue weighted by Crippen LogP contribution is 2.30. The topological polar surface area (TPSA) is 53.9 Å². The molecule has 2 aromatic heterocycles. The van der Waals surface area contributed by atoms with Crippen molar-refractivity contribution in [3.8, 4) is 0 Å². The number of piperidine rings is 1. The van der Waals surface area contributed by atoms with Crippen LogP contribution in [0.15, 0.2) is 36.7 Å². The van der Waals surface area contributed by atoms with Crippen LogP contribution < -0.4 is 5.32 Å². The van der Waals surface area contributed by atoms with Crippen LogP contribution in [-0.4, -0.2) is 33.4 Å². The molecule has 0 aliphatic carbocycles. The van der Waals surface area contributed by atoms with Crippen LogP contribution in [0.4, 0.5) is 5.95 Å². The van der Waals surface area contributed by atoms with Gasteiger partial charge in [-0.3, -0.25) is 9.88 Å². The molecule has 3 heterocycles. The van der Waals surface area contributed by atoms with Gasteiger partial charge in [-0.05, 0) is 37.6 Å². The third-order valence-electron chi connectivity index (χ3n) is 3.95. The second kappa shape index (κ2) is 6.63. The summed E-state index contributed by atoms with van der Waals surface area (Å²) >= 11 is 0. The molecular formula is C16H21N5. The Hall–Kier alpha value is -2.01. The highest BCUT2D eigenvalue weighted by atomic mass is 15.2. The first-order valence-corrected chi connectivity index (χ1v) is 7.51. The average molecular weight is 283 g/mol. The van der Waals surface area contributed by atoms with Crippen LogP contribution in [0.5, 0.6) is 0 Å². The van der Waals surface area contributed by atoms with E-state index in [1.807, 2.05) is 37.6 Å². The van der Waals surface area contributed by atoms with Crippen molar-refractivity contribution in [3.05, 3.63) is 48.0 Å². The Morgan fingerprint density at radius 3 is 2.95 bits per heavy atom. The van der Waals surface area contributed by atoms with Gasteiger partial charge < -0.3 is 5.32 Å². The maximum atomic E-state index is 4.62. The van der Waals surface area contributed by atoms with E-state index in [1.165, 1.54) is 12.8 Å². The van der Waals surface area contributed by atoms with Crippen LogP contribution in [0, 0.1) is 0 Å². The lowest BCUT2D eigenvalue weighted by Gasteiger charge is -2.35. The standard InChI is InChI=1S/C16H21N5/c1-17-16-19-10-8-14(20-16)15-7-3-5-11-21(15)12-13-6-2-4-9-18-13/h2,4,6,8-10,15H,3,5,7,11-12H2,1H3,(H,17,19,20)/t15-/m1/s1. The summed E-state index contributed by atoms with van der Waals surface area (Å²) in [6.45, 7) is 1.98. The van der Waals surface area contributed by atoms with Gasteiger partial charge in [0.2, 0.25) is 5.95 Å². The maximum Gasteiger partial charge on any atom is 0.222 e. The molecule has 0 amide bonds. The first-order valence-electron chi connectivity index (χ1n) is 7.51. The number of nitrogens with zero attached hydrogens (tertiary/aromatic N) is 4. The summed E-state index contributed by atoms with van der Waals surface area (Å²) in [5, 5.41) is 3.02. The lowest BCUT2D eigenvalue weighted by molar-refractivity contribution is 0.135. The lowest BCUT2D eigenvalue weighted by atomic mass is 9.99. The van der Waals surface area contributed by atoms with E-state index < -0.39 is 0 Å². The molecule has 21 heavy (non-hydrogen) atoms. The van der Waals surface area contributed by atoms with Gasteiger partial charge >= 0.3 is 0 Å². The molecule has 1 N–H and O–H groups in total. The number of nitrogens with one attached hydrogen (secondary N) is 1. The number of likely N-dealkylation sites (tertiary alicyclic amines) is 1. The summed E-state index contributed by atoms with van der Waals surface area (Å²) in [6.07, 6.45) is 7.34. The van der Waals surface area contributed by atoms with E-state index in [1.54, 1.807) is 0 Å². The van der Waals surface area contributed by atoms with E-state index in [-0.39, 0.29) is 0 Å². The predicted molar refractivity (Wildman–Crippen MR) is 82.8 cm³/mol. The van der Waals surface area contributed by atoms with Gasteiger partial charge in [-0.1, -0.05) is 12.5 Å². The molecule has 0 saturated carbocycles. The van der Waals surface area contributed by atoms with Crippen molar-refractivity contribution in [1.82, 2.24) is 19.9 Å². The molecular weight excluding hydrogens is 262 g/mol. The third-order valence-corrected chi connectivity index (χ3v) is 3.95. The summed E-state index contributed by atoms with van der Waals surface area (Å²) in [7, 11) is 1.85. The second-order valence-corrected chi connectivity index (χ2v) is 5.36. The zero-order valence-corrected chi connectivity index (χ0v) is 12.4. The zero-order chi connectivity index (χ0) is 14.5. The van der Waals surface area contributed by atoms with E-state index in [9.17, 15) is 0 Å². The molecule has 1 aliphatic heterocycles. The summed E-state index contributed by atoms with van der Waals surface area (Å²) in [5.41, 5.74) is 2.22. The smallest absolute Gasteiger partial charge is 0.222 e. The van der Waals surface area contributed by atoms with Crippen LogP contribution in [-0.2, 0) is 6.54 Å². The predicted octanol–water partition coefficient (Wildman–Crippen LogP) is 2.64. The van der Waals surface area contributed by atoms with Crippen LogP contribution in [0.1, 0.15) is 36.7 Å². The average Bonchev–Trinajstić information content (AvgIpc) is 2.56. The largest absolute Gasteiger partial charge is 0.357 e. The van der Waals surface area contributed by atoms with Crippen LogP contribution >= 0.6 is 0 Å². The summed E-state index contributed by atoms with van der Waals surface area (Å²) in [5.74, 6) is 0.691. The van der Waals surface area contributed by atoms with Crippen LogP contribution in [0.25, 0.3) is 0 Å². The van der Waals surface area contributed by atoms with Crippen molar-refractivity contribution in [2.75, 3.05) is 18.9 Å². The number of rotatable bonds is 4. The van der Waals surface area contributed by atoms with E-state index in [0.717, 1.165) is 30.9 Å². The van der Waals surface area contributed by atoms with Crippen molar-refractivity contribution in [3.63, 3.8) is 0 Å². The number of anilines is 1. The van der Waals surface area contributed by atoms with Crippen molar-refractivity contribution in [1.29, 1.82) is 0 Å². The molecule has 1 fully saturated rings. The van der Waals surface area contributed by atoms with Crippen molar-refractivity contribution < 1.29 is 0 Å².